The molecule has 0 unspecified atom stereocenters. The molecule has 0 bridgehead atoms. The van der Waals surface area contributed by atoms with Gasteiger partial charge in [0.25, 0.3) is 8.32 Å². The van der Waals surface area contributed by atoms with Gasteiger partial charge in [-0.2, -0.15) is 0 Å². The monoisotopic (exact) mass is 345 g/mol. The van der Waals surface area contributed by atoms with Crippen molar-refractivity contribution in [3.05, 3.63) is 12.0 Å². The van der Waals surface area contributed by atoms with Crippen molar-refractivity contribution < 1.29 is 23.5 Å². The first-order valence-electron chi connectivity index (χ1n) is 8.31. The highest BCUT2D eigenvalue weighted by Crippen LogP contribution is 2.25. The average molecular weight is 346 g/mol. The first-order chi connectivity index (χ1) is 10.9. The summed E-state index contributed by atoms with van der Waals surface area (Å²) in [4.78, 5) is 25.3. The van der Waals surface area contributed by atoms with E-state index in [1.54, 1.807) is 25.8 Å². The standard InChI is InChI=1S/C16H31NO5Si/c1-7-20-15(18)13-17(6)12-14(16(19)21-8-2)22-23(9-3,10-4)11-5/h12H,7-11,13H2,1-6H3/b14-12-. The highest BCUT2D eigenvalue weighted by molar-refractivity contribution is 6.74. The van der Waals surface area contributed by atoms with Crippen LogP contribution in [0.25, 0.3) is 0 Å². The molecule has 0 aliphatic carbocycles. The number of nitrogens with zero attached hydrogens (tertiary/aromatic N) is 1. The predicted octanol–water partition coefficient (Wildman–Crippen LogP) is 2.91. The Morgan fingerprint density at radius 2 is 1.48 bits per heavy atom. The number of hydrogen-bond donors (Lipinski definition) is 0. The van der Waals surface area contributed by atoms with Gasteiger partial charge in [-0.1, -0.05) is 20.8 Å². The van der Waals surface area contributed by atoms with Gasteiger partial charge in [-0.05, 0) is 32.0 Å². The summed E-state index contributed by atoms with van der Waals surface area (Å²) in [6.45, 7) is 10.4. The largest absolute Gasteiger partial charge is 0.538 e. The summed E-state index contributed by atoms with van der Waals surface area (Å²) in [5.74, 6) is -0.661. The second-order valence-electron chi connectivity index (χ2n) is 5.28. The molecular weight excluding hydrogens is 314 g/mol. The fourth-order valence-electron chi connectivity index (χ4n) is 2.18. The Bertz CT molecular complexity index is 399. The van der Waals surface area contributed by atoms with Crippen molar-refractivity contribution in [2.45, 2.75) is 52.8 Å². The third kappa shape index (κ3) is 7.54. The summed E-state index contributed by atoms with van der Waals surface area (Å²) in [7, 11) is -0.305. The Labute approximate surface area is 140 Å². The van der Waals surface area contributed by atoms with Crippen LogP contribution in [0, 0.1) is 0 Å². The second-order valence-corrected chi connectivity index (χ2v) is 9.97. The van der Waals surface area contributed by atoms with Crippen molar-refractivity contribution in [1.29, 1.82) is 0 Å². The van der Waals surface area contributed by atoms with Gasteiger partial charge in [-0.3, -0.25) is 4.79 Å². The number of carbonyl (C=O) groups is 2. The molecule has 0 amide bonds. The predicted molar refractivity (Wildman–Crippen MR) is 92.3 cm³/mol. The minimum absolute atomic E-state index is 0.0546. The topological polar surface area (TPSA) is 65.1 Å². The Hall–Kier alpha value is -1.50. The molecule has 0 aromatic heterocycles. The lowest BCUT2D eigenvalue weighted by molar-refractivity contribution is -0.144. The molecule has 0 aromatic rings. The Balaban J connectivity index is 5.24. The lowest BCUT2D eigenvalue weighted by atomic mass is 10.5. The van der Waals surface area contributed by atoms with Gasteiger partial charge in [0.1, 0.15) is 6.54 Å². The summed E-state index contributed by atoms with van der Waals surface area (Å²) < 4.78 is 16.1. The number of ether oxygens (including phenoxy) is 2. The Morgan fingerprint density at radius 3 is 1.91 bits per heavy atom. The van der Waals surface area contributed by atoms with Crippen LogP contribution in [0.1, 0.15) is 34.6 Å². The summed E-state index contributed by atoms with van der Waals surface area (Å²) in [6.07, 6.45) is 1.54. The molecule has 134 valence electrons. The number of likely N-dealkylation sites (N-methyl/N-ethyl adjacent to an activating group) is 1. The Kier molecular flexibility index (Phi) is 10.4. The van der Waals surface area contributed by atoms with E-state index in [-0.39, 0.29) is 24.9 Å². The van der Waals surface area contributed by atoms with Crippen LogP contribution in [0.4, 0.5) is 0 Å². The zero-order valence-electron chi connectivity index (χ0n) is 15.3. The highest BCUT2D eigenvalue weighted by atomic mass is 28.4. The van der Waals surface area contributed by atoms with Crippen LogP contribution in [0.2, 0.25) is 18.1 Å². The maximum Gasteiger partial charge on any atom is 0.373 e. The van der Waals surface area contributed by atoms with Crippen molar-refractivity contribution in [3.8, 4) is 0 Å². The van der Waals surface area contributed by atoms with Gasteiger partial charge in [0.2, 0.25) is 5.76 Å². The second kappa shape index (κ2) is 11.1. The molecule has 0 saturated carbocycles. The van der Waals surface area contributed by atoms with Crippen LogP contribution in [0.3, 0.4) is 0 Å². The van der Waals surface area contributed by atoms with Crippen molar-refractivity contribution in [2.24, 2.45) is 0 Å². The van der Waals surface area contributed by atoms with E-state index in [4.69, 9.17) is 13.9 Å². The van der Waals surface area contributed by atoms with E-state index in [1.807, 2.05) is 0 Å². The molecule has 0 aliphatic rings. The molecule has 0 N–H and O–H groups in total. The van der Waals surface area contributed by atoms with E-state index in [1.165, 1.54) is 6.20 Å². The highest BCUT2D eigenvalue weighted by Gasteiger charge is 2.33. The van der Waals surface area contributed by atoms with E-state index < -0.39 is 14.3 Å². The van der Waals surface area contributed by atoms with E-state index in [0.717, 1.165) is 18.1 Å². The minimum Gasteiger partial charge on any atom is -0.538 e. The number of rotatable bonds is 11. The van der Waals surface area contributed by atoms with Crippen molar-refractivity contribution in [1.82, 2.24) is 4.90 Å². The summed E-state index contributed by atoms with van der Waals surface area (Å²) in [5.41, 5.74) is 0. The van der Waals surface area contributed by atoms with Crippen LogP contribution in [-0.4, -0.2) is 52.0 Å². The van der Waals surface area contributed by atoms with Crippen molar-refractivity contribution >= 4 is 20.3 Å². The third-order valence-corrected chi connectivity index (χ3v) is 8.28. The molecule has 0 spiro atoms. The van der Waals surface area contributed by atoms with E-state index in [0.29, 0.717) is 6.61 Å². The third-order valence-electron chi connectivity index (χ3n) is 3.76. The van der Waals surface area contributed by atoms with Gasteiger partial charge in [0.05, 0.1) is 13.2 Å². The molecule has 23 heavy (non-hydrogen) atoms. The zero-order chi connectivity index (χ0) is 17.9. The minimum atomic E-state index is -2.01. The molecule has 0 aliphatic heterocycles. The SMILES string of the molecule is CCOC(=O)CN(C)/C=C(\O[Si](CC)(CC)CC)C(=O)OCC. The quantitative estimate of drug-likeness (QED) is 0.248. The zero-order valence-corrected chi connectivity index (χ0v) is 16.3. The number of esters is 2. The van der Waals surface area contributed by atoms with Crippen molar-refractivity contribution in [2.75, 3.05) is 26.8 Å². The smallest absolute Gasteiger partial charge is 0.373 e. The first kappa shape index (κ1) is 21.5. The molecular formula is C16H31NO5Si. The average Bonchev–Trinajstić information content (AvgIpc) is 2.52. The van der Waals surface area contributed by atoms with E-state index >= 15 is 0 Å². The maximum atomic E-state index is 12.2. The summed E-state index contributed by atoms with van der Waals surface area (Å²) in [6, 6.07) is 2.75. The van der Waals surface area contributed by atoms with Gasteiger partial charge in [-0.15, -0.1) is 0 Å². The molecule has 0 radical (unpaired) electrons. The van der Waals surface area contributed by atoms with Crippen LogP contribution >= 0.6 is 0 Å². The molecule has 6 nitrogen and oxygen atoms in total. The maximum absolute atomic E-state index is 12.2. The van der Waals surface area contributed by atoms with Gasteiger partial charge in [0, 0.05) is 13.2 Å². The molecule has 0 heterocycles. The van der Waals surface area contributed by atoms with E-state index in [2.05, 4.69) is 20.8 Å². The lowest BCUT2D eigenvalue weighted by Crippen LogP contribution is -2.37. The fraction of sp³-hybridized carbons (Fsp3) is 0.750. The normalized spacial score (nSPS) is 11.8. The molecule has 0 saturated heterocycles. The summed E-state index contributed by atoms with van der Waals surface area (Å²) in [5, 5.41) is 0. The van der Waals surface area contributed by atoms with Crippen LogP contribution in [0.15, 0.2) is 12.0 Å². The van der Waals surface area contributed by atoms with Gasteiger partial charge >= 0.3 is 11.9 Å². The number of carbonyl (C=O) groups excluding carboxylic acids is 2. The molecule has 0 aromatic carbocycles. The summed E-state index contributed by atoms with van der Waals surface area (Å²) >= 11 is 0. The Morgan fingerprint density at radius 1 is 0.957 bits per heavy atom. The van der Waals surface area contributed by atoms with E-state index in [9.17, 15) is 9.59 Å². The molecule has 7 heteroatoms. The lowest BCUT2D eigenvalue weighted by Gasteiger charge is -2.30. The van der Waals surface area contributed by atoms with Crippen LogP contribution < -0.4 is 0 Å². The first-order valence-corrected chi connectivity index (χ1v) is 10.8. The van der Waals surface area contributed by atoms with Crippen LogP contribution in [-0.2, 0) is 23.5 Å². The molecule has 0 rings (SSSR count). The van der Waals surface area contributed by atoms with Crippen LogP contribution in [0.5, 0.6) is 0 Å². The molecule has 0 atom stereocenters. The molecule has 0 fully saturated rings. The van der Waals surface area contributed by atoms with Crippen molar-refractivity contribution in [3.63, 3.8) is 0 Å². The van der Waals surface area contributed by atoms with Gasteiger partial charge < -0.3 is 18.8 Å². The van der Waals surface area contributed by atoms with Gasteiger partial charge in [0.15, 0.2) is 0 Å². The number of hydrogen-bond acceptors (Lipinski definition) is 6. The fourth-order valence-corrected chi connectivity index (χ4v) is 4.71. The van der Waals surface area contributed by atoms with Gasteiger partial charge in [-0.25, -0.2) is 4.79 Å².